The molecule has 1 atom stereocenters. The van der Waals surface area contributed by atoms with Crippen molar-refractivity contribution in [2.75, 3.05) is 71.4 Å². The first kappa shape index (κ1) is 34.9. The molecule has 50 heavy (non-hydrogen) atoms. The molecular formula is C35H41N7O7S. The number of piperidine rings is 1. The van der Waals surface area contributed by atoms with Crippen LogP contribution in [0.1, 0.15) is 36.5 Å². The van der Waals surface area contributed by atoms with E-state index < -0.39 is 27.5 Å². The van der Waals surface area contributed by atoms with Crippen LogP contribution in [0.4, 0.5) is 10.5 Å². The topological polar surface area (TPSA) is 158 Å². The number of likely N-dealkylation sites (tertiary alicyclic amines) is 1. The van der Waals surface area contributed by atoms with Crippen LogP contribution in [-0.2, 0) is 20.4 Å². The fraction of sp³-hybridized carbons (Fsp3) is 0.429. The second-order valence-corrected chi connectivity index (χ2v) is 14.2. The molecule has 0 radical (unpaired) electrons. The quantitative estimate of drug-likeness (QED) is 0.350. The van der Waals surface area contributed by atoms with Gasteiger partial charge in [0.2, 0.25) is 5.88 Å². The van der Waals surface area contributed by atoms with Gasteiger partial charge in [0.1, 0.15) is 16.4 Å². The first-order valence-corrected chi connectivity index (χ1v) is 18.0. The van der Waals surface area contributed by atoms with Gasteiger partial charge in [-0.2, -0.15) is 9.57 Å². The van der Waals surface area contributed by atoms with Crippen LogP contribution in [0, 0.1) is 11.3 Å². The van der Waals surface area contributed by atoms with Crippen LogP contribution in [0.5, 0.6) is 17.4 Å². The Balaban J connectivity index is 1.45. The molecule has 0 aliphatic carbocycles. The molecule has 3 amide bonds. The summed E-state index contributed by atoms with van der Waals surface area (Å²) in [5.41, 5.74) is -1.80. The predicted octanol–water partition coefficient (Wildman–Crippen LogP) is 2.77. The van der Waals surface area contributed by atoms with Crippen molar-refractivity contribution in [3.8, 4) is 23.4 Å². The summed E-state index contributed by atoms with van der Waals surface area (Å²) >= 11 is 0. The third-order valence-electron chi connectivity index (χ3n) is 9.70. The number of carbonyl (C=O) groups excluding carboxylic acids is 2. The van der Waals surface area contributed by atoms with Crippen LogP contribution >= 0.6 is 0 Å². The van der Waals surface area contributed by atoms with E-state index in [-0.39, 0.29) is 45.5 Å². The molecule has 15 heteroatoms. The minimum atomic E-state index is -4.69. The second-order valence-electron chi connectivity index (χ2n) is 12.5. The Morgan fingerprint density at radius 3 is 2.42 bits per heavy atom. The number of carbonyl (C=O) groups is 2. The molecule has 3 aliphatic rings. The van der Waals surface area contributed by atoms with Gasteiger partial charge in [-0.25, -0.2) is 18.2 Å². The molecular weight excluding hydrogens is 662 g/mol. The highest BCUT2D eigenvalue weighted by Gasteiger charge is 2.59. The molecule has 4 heterocycles. The summed E-state index contributed by atoms with van der Waals surface area (Å²) in [7, 11) is 0.170. The number of nitriles is 1. The number of pyridine rings is 1. The normalized spacial score (nSPS) is 20.3. The first-order valence-electron chi connectivity index (χ1n) is 16.5. The van der Waals surface area contributed by atoms with Crippen LogP contribution in [0.3, 0.4) is 0 Å². The number of amides is 3. The van der Waals surface area contributed by atoms with Crippen molar-refractivity contribution < 1.29 is 32.2 Å². The second kappa shape index (κ2) is 14.1. The molecule has 3 aliphatic heterocycles. The molecule has 1 aromatic heterocycles. The molecule has 2 saturated heterocycles. The number of rotatable bonds is 9. The number of methoxy groups -OCH3 is 2. The van der Waals surface area contributed by atoms with Crippen LogP contribution < -0.4 is 23.8 Å². The molecule has 0 saturated carbocycles. The summed E-state index contributed by atoms with van der Waals surface area (Å²) in [6.07, 6.45) is 2.99. The van der Waals surface area contributed by atoms with E-state index in [0.29, 0.717) is 29.2 Å². The Morgan fingerprint density at radius 2 is 1.76 bits per heavy atom. The van der Waals surface area contributed by atoms with E-state index in [1.165, 1.54) is 56.8 Å². The monoisotopic (exact) mass is 703 g/mol. The van der Waals surface area contributed by atoms with E-state index >= 15 is 4.79 Å². The average molecular weight is 704 g/mol. The number of piperazine rings is 1. The summed E-state index contributed by atoms with van der Waals surface area (Å²) in [6, 6.07) is 13.4. The highest BCUT2D eigenvalue weighted by molar-refractivity contribution is 7.93. The summed E-state index contributed by atoms with van der Waals surface area (Å²) in [5, 5.41) is 12.9. The van der Waals surface area contributed by atoms with E-state index in [9.17, 15) is 18.5 Å². The highest BCUT2D eigenvalue weighted by Crippen LogP contribution is 2.50. The number of benzene rings is 2. The molecule has 3 aromatic rings. The Labute approximate surface area is 292 Å². The number of hydrogen-bond donors (Lipinski definition) is 1. The number of sulfonamides is 1. The van der Waals surface area contributed by atoms with E-state index in [4.69, 9.17) is 14.2 Å². The molecule has 2 fully saturated rings. The van der Waals surface area contributed by atoms with E-state index in [1.54, 1.807) is 24.0 Å². The standard InChI is InChI=1S/C35H41N7O7S/c1-5-49-32-27(7-6-14-37-32)35(38-34(44)41-15-12-25(13-16-41)40-19-17-39(2)18-20-40)28-21-24(23-36)8-10-29(28)42(33(35)43)50(45,46)31-11-9-26(47-3)22-30(31)48-4/h6-11,14,21-22,25H,5,12-13,15-20H2,1-4H3,(H,38,44). The number of likely N-dealkylation sites (N-methyl/N-ethyl adjacent to an activating group) is 1. The highest BCUT2D eigenvalue weighted by atomic mass is 32.2. The van der Waals surface area contributed by atoms with Gasteiger partial charge in [-0.05, 0) is 69.3 Å². The van der Waals surface area contributed by atoms with Crippen molar-refractivity contribution in [3.05, 3.63) is 71.4 Å². The van der Waals surface area contributed by atoms with Crippen LogP contribution in [0.25, 0.3) is 0 Å². The van der Waals surface area contributed by atoms with Crippen molar-refractivity contribution >= 4 is 27.6 Å². The summed E-state index contributed by atoms with van der Waals surface area (Å²) in [5.74, 6) is -0.655. The number of anilines is 1. The van der Waals surface area contributed by atoms with Crippen molar-refractivity contribution in [1.29, 1.82) is 5.26 Å². The molecule has 264 valence electrons. The molecule has 6 rings (SSSR count). The van der Waals surface area contributed by atoms with Crippen molar-refractivity contribution in [3.63, 3.8) is 0 Å². The van der Waals surface area contributed by atoms with E-state index in [0.717, 1.165) is 39.0 Å². The SMILES string of the molecule is CCOc1ncccc1C1(NC(=O)N2CCC(N3CCN(C)CC3)CC2)C(=O)N(S(=O)(=O)c2ccc(OC)cc2OC)c2ccc(C#N)cc21. The molecule has 14 nitrogen and oxygen atoms in total. The van der Waals surface area contributed by atoms with Crippen LogP contribution in [-0.4, -0.2) is 113 Å². The van der Waals surface area contributed by atoms with Gasteiger partial charge in [0.25, 0.3) is 15.9 Å². The van der Waals surface area contributed by atoms with Gasteiger partial charge in [0, 0.05) is 63.1 Å². The van der Waals surface area contributed by atoms with Crippen molar-refractivity contribution in [2.45, 2.75) is 36.2 Å². The lowest BCUT2D eigenvalue weighted by atomic mass is 9.83. The van der Waals surface area contributed by atoms with Gasteiger partial charge in [-0.3, -0.25) is 9.69 Å². The van der Waals surface area contributed by atoms with Gasteiger partial charge < -0.3 is 29.3 Å². The average Bonchev–Trinajstić information content (AvgIpc) is 3.39. The number of nitrogens with zero attached hydrogens (tertiary/aromatic N) is 6. The number of urea groups is 1. The lowest BCUT2D eigenvalue weighted by molar-refractivity contribution is -0.121. The molecule has 1 N–H and O–H groups in total. The van der Waals surface area contributed by atoms with Crippen LogP contribution in [0.15, 0.2) is 59.6 Å². The maximum atomic E-state index is 15.2. The largest absolute Gasteiger partial charge is 0.497 e. The fourth-order valence-electron chi connectivity index (χ4n) is 7.02. The lowest BCUT2D eigenvalue weighted by Gasteiger charge is -2.42. The van der Waals surface area contributed by atoms with Gasteiger partial charge in [-0.1, -0.05) is 0 Å². The molecule has 0 bridgehead atoms. The number of nitrogens with one attached hydrogen (secondary N) is 1. The number of fused-ring (bicyclic) bond motifs is 1. The Hall–Kier alpha value is -4.91. The zero-order chi connectivity index (χ0) is 35.6. The van der Waals surface area contributed by atoms with Gasteiger partial charge in [-0.15, -0.1) is 0 Å². The maximum Gasteiger partial charge on any atom is 0.318 e. The molecule has 2 aromatic carbocycles. The zero-order valence-corrected chi connectivity index (χ0v) is 29.4. The van der Waals surface area contributed by atoms with Gasteiger partial charge in [0.15, 0.2) is 5.54 Å². The Kier molecular flexibility index (Phi) is 9.88. The lowest BCUT2D eigenvalue weighted by Crippen LogP contribution is -2.59. The van der Waals surface area contributed by atoms with Gasteiger partial charge >= 0.3 is 6.03 Å². The third-order valence-corrected chi connectivity index (χ3v) is 11.4. The number of aromatic nitrogens is 1. The summed E-state index contributed by atoms with van der Waals surface area (Å²) < 4.78 is 46.4. The molecule has 1 unspecified atom stereocenters. The predicted molar refractivity (Wildman–Crippen MR) is 184 cm³/mol. The third kappa shape index (κ3) is 6.08. The van der Waals surface area contributed by atoms with Gasteiger partial charge in [0.05, 0.1) is 43.7 Å². The smallest absolute Gasteiger partial charge is 0.318 e. The summed E-state index contributed by atoms with van der Waals surface area (Å²) in [6.45, 7) is 6.72. The number of ether oxygens (including phenoxy) is 3. The van der Waals surface area contributed by atoms with E-state index in [1.807, 2.05) is 0 Å². The summed E-state index contributed by atoms with van der Waals surface area (Å²) in [4.78, 5) is 40.0. The maximum absolute atomic E-state index is 15.2. The van der Waals surface area contributed by atoms with E-state index in [2.05, 4.69) is 33.2 Å². The zero-order valence-electron chi connectivity index (χ0n) is 28.6. The number of hydrogen-bond acceptors (Lipinski definition) is 11. The molecule has 0 spiro atoms. The van der Waals surface area contributed by atoms with Crippen LogP contribution in [0.2, 0.25) is 0 Å². The van der Waals surface area contributed by atoms with Crippen molar-refractivity contribution in [1.82, 2.24) is 25.0 Å². The Bertz CT molecular complexity index is 1920. The minimum absolute atomic E-state index is 0.0343. The van der Waals surface area contributed by atoms with Crippen molar-refractivity contribution in [2.24, 2.45) is 0 Å². The Morgan fingerprint density at radius 1 is 1.02 bits per heavy atom. The minimum Gasteiger partial charge on any atom is -0.497 e. The first-order chi connectivity index (χ1) is 24.1. The fourth-order valence-corrected chi connectivity index (χ4v) is 8.63.